The van der Waals surface area contributed by atoms with Crippen LogP contribution in [0.2, 0.25) is 0 Å². The van der Waals surface area contributed by atoms with E-state index in [0.717, 1.165) is 0 Å². The highest BCUT2D eigenvalue weighted by Gasteiger charge is 2.12. The maximum atomic E-state index is 11.4. The average Bonchev–Trinajstić information content (AvgIpc) is 2.29. The quantitative estimate of drug-likeness (QED) is 0.375. The van der Waals surface area contributed by atoms with Crippen LogP contribution in [-0.4, -0.2) is 10.8 Å². The number of nitrogens with zero attached hydrogens (tertiary/aromatic N) is 1. The Kier molecular flexibility index (Phi) is 4.62. The second kappa shape index (κ2) is 6.22. The van der Waals surface area contributed by atoms with Gasteiger partial charge in [0.25, 0.3) is 5.69 Å². The van der Waals surface area contributed by atoms with E-state index in [4.69, 9.17) is 0 Å². The molecule has 1 rings (SSSR count). The van der Waals surface area contributed by atoms with Crippen LogP contribution in [0, 0.1) is 10.1 Å². The first-order valence-electron chi connectivity index (χ1n) is 4.99. The Morgan fingerprint density at radius 1 is 1.35 bits per heavy atom. The molecular weight excluding hydrogens is 220 g/mol. The zero-order valence-corrected chi connectivity index (χ0v) is 9.29. The van der Waals surface area contributed by atoms with Crippen LogP contribution in [-0.2, 0) is 4.79 Å². The van der Waals surface area contributed by atoms with Crippen molar-refractivity contribution in [1.29, 1.82) is 0 Å². The molecule has 0 radical (unpaired) electrons. The lowest BCUT2D eigenvalue weighted by Crippen LogP contribution is -2.09. The minimum absolute atomic E-state index is 0.125. The summed E-state index contributed by atoms with van der Waals surface area (Å²) in [4.78, 5) is 21.6. The van der Waals surface area contributed by atoms with Crippen LogP contribution in [0.1, 0.15) is 6.92 Å². The lowest BCUT2D eigenvalue weighted by molar-refractivity contribution is -0.383. The predicted molar refractivity (Wildman–Crippen MR) is 65.7 cm³/mol. The van der Waals surface area contributed by atoms with Gasteiger partial charge in [-0.1, -0.05) is 30.4 Å². The number of rotatable bonds is 4. The van der Waals surface area contributed by atoms with E-state index in [1.165, 1.54) is 18.2 Å². The number of carbonyl (C=O) groups is 1. The van der Waals surface area contributed by atoms with Gasteiger partial charge in [-0.15, -0.1) is 0 Å². The molecule has 17 heavy (non-hydrogen) atoms. The maximum absolute atomic E-state index is 11.4. The molecule has 0 aliphatic rings. The van der Waals surface area contributed by atoms with Gasteiger partial charge in [0.2, 0.25) is 5.91 Å². The molecular formula is C12H12N2O3. The maximum Gasteiger partial charge on any atom is 0.292 e. The minimum atomic E-state index is -0.536. The summed E-state index contributed by atoms with van der Waals surface area (Å²) in [6.07, 6.45) is 6.33. The molecule has 0 heterocycles. The molecule has 0 saturated heterocycles. The monoisotopic (exact) mass is 232 g/mol. The molecule has 0 unspecified atom stereocenters. The van der Waals surface area contributed by atoms with Crippen LogP contribution < -0.4 is 5.32 Å². The van der Waals surface area contributed by atoms with Crippen LogP contribution in [0.3, 0.4) is 0 Å². The largest absolute Gasteiger partial charge is 0.317 e. The van der Waals surface area contributed by atoms with E-state index < -0.39 is 10.8 Å². The van der Waals surface area contributed by atoms with Crippen LogP contribution in [0.5, 0.6) is 0 Å². The molecule has 0 saturated carbocycles. The normalized spacial score (nSPS) is 10.9. The Morgan fingerprint density at radius 3 is 2.71 bits per heavy atom. The molecule has 0 aliphatic carbocycles. The second-order valence-corrected chi connectivity index (χ2v) is 3.15. The molecule has 1 N–H and O–H groups in total. The zero-order chi connectivity index (χ0) is 12.7. The lowest BCUT2D eigenvalue weighted by Gasteiger charge is -2.02. The average molecular weight is 232 g/mol. The van der Waals surface area contributed by atoms with Crippen LogP contribution in [0.25, 0.3) is 0 Å². The SMILES string of the molecule is CC=CC=CC(=O)Nc1ccccc1[N+](=O)[O-]. The topological polar surface area (TPSA) is 72.2 Å². The first kappa shape index (κ1) is 12.6. The molecule has 0 spiro atoms. The number of nitro benzene ring substituents is 1. The molecule has 5 nitrogen and oxygen atoms in total. The Bertz CT molecular complexity index is 478. The number of hydrogen-bond acceptors (Lipinski definition) is 3. The number of nitrogens with one attached hydrogen (secondary N) is 1. The smallest absolute Gasteiger partial charge is 0.292 e. The lowest BCUT2D eigenvalue weighted by atomic mass is 10.2. The van der Waals surface area contributed by atoms with E-state index in [1.807, 2.05) is 6.92 Å². The van der Waals surface area contributed by atoms with Gasteiger partial charge < -0.3 is 5.32 Å². The fraction of sp³-hybridized carbons (Fsp3) is 0.0833. The number of anilines is 1. The van der Waals surface area contributed by atoms with Gasteiger partial charge in [-0.2, -0.15) is 0 Å². The molecule has 1 aromatic rings. The van der Waals surface area contributed by atoms with Crippen molar-refractivity contribution in [3.8, 4) is 0 Å². The highest BCUT2D eigenvalue weighted by Crippen LogP contribution is 2.22. The van der Waals surface area contributed by atoms with Crippen molar-refractivity contribution in [2.75, 3.05) is 5.32 Å². The fourth-order valence-electron chi connectivity index (χ4n) is 1.17. The summed E-state index contributed by atoms with van der Waals surface area (Å²) in [7, 11) is 0. The molecule has 0 aliphatic heterocycles. The van der Waals surface area contributed by atoms with E-state index in [0.29, 0.717) is 0 Å². The molecule has 88 valence electrons. The van der Waals surface area contributed by atoms with Gasteiger partial charge in [-0.3, -0.25) is 14.9 Å². The molecule has 0 atom stereocenters. The minimum Gasteiger partial charge on any atom is -0.317 e. The van der Waals surface area contributed by atoms with Crippen LogP contribution in [0.4, 0.5) is 11.4 Å². The number of carbonyl (C=O) groups excluding carboxylic acids is 1. The molecule has 0 aromatic heterocycles. The predicted octanol–water partition coefficient (Wildman–Crippen LogP) is 2.67. The van der Waals surface area contributed by atoms with Crippen molar-refractivity contribution < 1.29 is 9.72 Å². The summed E-state index contributed by atoms with van der Waals surface area (Å²) >= 11 is 0. The number of para-hydroxylation sites is 2. The molecule has 1 aromatic carbocycles. The summed E-state index contributed by atoms with van der Waals surface area (Å²) in [5.41, 5.74) is 0.0629. The summed E-state index contributed by atoms with van der Waals surface area (Å²) in [6.45, 7) is 1.82. The first-order valence-corrected chi connectivity index (χ1v) is 4.99. The molecule has 5 heteroatoms. The van der Waals surface area contributed by atoms with Gasteiger partial charge in [0.1, 0.15) is 5.69 Å². The van der Waals surface area contributed by atoms with Crippen molar-refractivity contribution >= 4 is 17.3 Å². The first-order chi connectivity index (χ1) is 8.15. The standard InChI is InChI=1S/C12H12N2O3/c1-2-3-4-9-12(15)13-10-7-5-6-8-11(10)14(16)17/h2-9H,1H3,(H,13,15). The van der Waals surface area contributed by atoms with Gasteiger partial charge in [0.15, 0.2) is 0 Å². The number of allylic oxidation sites excluding steroid dienone is 3. The Hall–Kier alpha value is -2.43. The zero-order valence-electron chi connectivity index (χ0n) is 9.29. The Balaban J connectivity index is 2.81. The summed E-state index contributed by atoms with van der Waals surface area (Å²) < 4.78 is 0. The van der Waals surface area contributed by atoms with Gasteiger partial charge in [-0.05, 0) is 13.0 Å². The Morgan fingerprint density at radius 2 is 2.06 bits per heavy atom. The molecule has 1 amide bonds. The van der Waals surface area contributed by atoms with Crippen molar-refractivity contribution in [1.82, 2.24) is 0 Å². The third-order valence-corrected chi connectivity index (χ3v) is 1.91. The van der Waals surface area contributed by atoms with Gasteiger partial charge in [0, 0.05) is 12.1 Å². The van der Waals surface area contributed by atoms with Gasteiger partial charge in [0.05, 0.1) is 4.92 Å². The van der Waals surface area contributed by atoms with E-state index in [-0.39, 0.29) is 11.4 Å². The van der Waals surface area contributed by atoms with E-state index in [1.54, 1.807) is 30.4 Å². The van der Waals surface area contributed by atoms with Crippen molar-refractivity contribution in [2.45, 2.75) is 6.92 Å². The fourth-order valence-corrected chi connectivity index (χ4v) is 1.17. The van der Waals surface area contributed by atoms with Crippen LogP contribution in [0.15, 0.2) is 48.6 Å². The highest BCUT2D eigenvalue weighted by atomic mass is 16.6. The number of amides is 1. The van der Waals surface area contributed by atoms with E-state index in [9.17, 15) is 14.9 Å². The number of nitro groups is 1. The summed E-state index contributed by atoms with van der Waals surface area (Å²) in [5, 5.41) is 13.1. The van der Waals surface area contributed by atoms with Gasteiger partial charge in [-0.25, -0.2) is 0 Å². The van der Waals surface area contributed by atoms with E-state index >= 15 is 0 Å². The van der Waals surface area contributed by atoms with Crippen LogP contribution >= 0.6 is 0 Å². The number of hydrogen-bond donors (Lipinski definition) is 1. The highest BCUT2D eigenvalue weighted by molar-refractivity contribution is 6.00. The number of benzene rings is 1. The third kappa shape index (κ3) is 3.90. The second-order valence-electron chi connectivity index (χ2n) is 3.15. The third-order valence-electron chi connectivity index (χ3n) is 1.91. The van der Waals surface area contributed by atoms with Gasteiger partial charge >= 0.3 is 0 Å². The van der Waals surface area contributed by atoms with Crippen molar-refractivity contribution in [3.63, 3.8) is 0 Å². The summed E-state index contributed by atoms with van der Waals surface area (Å²) in [5.74, 6) is -0.405. The van der Waals surface area contributed by atoms with Crippen molar-refractivity contribution in [3.05, 3.63) is 58.7 Å². The van der Waals surface area contributed by atoms with E-state index in [2.05, 4.69) is 5.32 Å². The Labute approximate surface area is 98.6 Å². The van der Waals surface area contributed by atoms with Crippen molar-refractivity contribution in [2.24, 2.45) is 0 Å². The summed E-state index contributed by atoms with van der Waals surface area (Å²) in [6, 6.07) is 5.99. The molecule has 0 fully saturated rings. The molecule has 0 bridgehead atoms.